The van der Waals surface area contributed by atoms with Crippen molar-refractivity contribution in [3.63, 3.8) is 0 Å². The first-order valence-electron chi connectivity index (χ1n) is 12.8. The molecule has 4 aromatic carbocycles. The highest BCUT2D eigenvalue weighted by Crippen LogP contribution is 2.30. The number of carboxylic acids is 1. The van der Waals surface area contributed by atoms with Crippen molar-refractivity contribution >= 4 is 47.4 Å². The zero-order valence-corrected chi connectivity index (χ0v) is 23.8. The second-order valence-corrected chi connectivity index (χ2v) is 10.6. The number of benzene rings is 4. The van der Waals surface area contributed by atoms with E-state index in [1.165, 1.54) is 0 Å². The number of hydrogen-bond donors (Lipinski definition) is 2. The molecule has 0 bridgehead atoms. The van der Waals surface area contributed by atoms with E-state index in [2.05, 4.69) is 5.32 Å². The second kappa shape index (κ2) is 13.9. The highest BCUT2D eigenvalue weighted by Gasteiger charge is 2.22. The van der Waals surface area contributed by atoms with Crippen LogP contribution in [0.15, 0.2) is 91.0 Å². The van der Waals surface area contributed by atoms with Gasteiger partial charge in [0.1, 0.15) is 17.5 Å². The van der Waals surface area contributed by atoms with Crippen LogP contribution in [-0.4, -0.2) is 35.0 Å². The number of rotatable bonds is 11. The summed E-state index contributed by atoms with van der Waals surface area (Å²) in [5.41, 5.74) is 4.99. The molecule has 0 spiro atoms. The number of halogens is 1. The molecule has 0 radical (unpaired) electrons. The van der Waals surface area contributed by atoms with Crippen LogP contribution >= 0.6 is 23.4 Å². The van der Waals surface area contributed by atoms with Gasteiger partial charge in [-0.25, -0.2) is 4.79 Å². The van der Waals surface area contributed by atoms with Crippen molar-refractivity contribution in [1.29, 1.82) is 0 Å². The molecule has 5 nitrogen and oxygen atoms in total. The Morgan fingerprint density at radius 1 is 0.925 bits per heavy atom. The van der Waals surface area contributed by atoms with Gasteiger partial charge in [-0.05, 0) is 89.6 Å². The molecule has 0 saturated carbocycles. The molecule has 204 valence electrons. The first-order valence-corrected chi connectivity index (χ1v) is 14.6. The third kappa shape index (κ3) is 7.56. The average Bonchev–Trinajstić information content (AvgIpc) is 2.96. The highest BCUT2D eigenvalue weighted by molar-refractivity contribution is 7.98. The molecule has 0 fully saturated rings. The van der Waals surface area contributed by atoms with Gasteiger partial charge in [0.2, 0.25) is 0 Å². The third-order valence-electron chi connectivity index (χ3n) is 6.35. The van der Waals surface area contributed by atoms with E-state index in [4.69, 9.17) is 16.3 Å². The fourth-order valence-corrected chi connectivity index (χ4v) is 4.83. The van der Waals surface area contributed by atoms with E-state index in [0.29, 0.717) is 34.3 Å². The molecule has 0 aliphatic carbocycles. The van der Waals surface area contributed by atoms with Crippen LogP contribution in [0.25, 0.3) is 23.3 Å². The number of carboxylic acid groups (broad SMARTS) is 1. The number of carbonyl (C=O) groups is 2. The molecule has 4 rings (SSSR count). The Kier molecular flexibility index (Phi) is 10.1. The van der Waals surface area contributed by atoms with Crippen LogP contribution in [0.3, 0.4) is 0 Å². The van der Waals surface area contributed by atoms with Gasteiger partial charge in [0.05, 0.1) is 5.02 Å². The fraction of sp³-hybridized carbons (Fsp3) is 0.152. The summed E-state index contributed by atoms with van der Waals surface area (Å²) in [7, 11) is 0. The Morgan fingerprint density at radius 2 is 1.60 bits per heavy atom. The van der Waals surface area contributed by atoms with Crippen molar-refractivity contribution in [2.24, 2.45) is 0 Å². The van der Waals surface area contributed by atoms with Crippen LogP contribution in [0.4, 0.5) is 0 Å². The number of aliphatic carboxylic acids is 1. The van der Waals surface area contributed by atoms with Crippen LogP contribution in [0.5, 0.6) is 11.5 Å². The summed E-state index contributed by atoms with van der Waals surface area (Å²) < 4.78 is 5.87. The number of ether oxygens (including phenoxy) is 1. The molecule has 1 atom stereocenters. The summed E-state index contributed by atoms with van der Waals surface area (Å²) in [6, 6.07) is 27.4. The van der Waals surface area contributed by atoms with E-state index >= 15 is 0 Å². The monoisotopic (exact) mass is 571 g/mol. The number of para-hydroxylation sites is 1. The molecular weight excluding hydrogens is 542 g/mol. The Balaban J connectivity index is 1.58. The lowest BCUT2D eigenvalue weighted by Gasteiger charge is -2.17. The molecule has 40 heavy (non-hydrogen) atoms. The summed E-state index contributed by atoms with van der Waals surface area (Å²) in [6.07, 6.45) is 6.22. The molecule has 1 amide bonds. The van der Waals surface area contributed by atoms with Crippen LogP contribution in [-0.2, 0) is 4.79 Å². The molecule has 0 aliphatic rings. The third-order valence-corrected chi connectivity index (χ3v) is 7.31. The van der Waals surface area contributed by atoms with E-state index in [9.17, 15) is 14.7 Å². The second-order valence-electron chi connectivity index (χ2n) is 9.20. The minimum Gasteiger partial charge on any atom is -0.480 e. The van der Waals surface area contributed by atoms with E-state index in [1.807, 2.05) is 104 Å². The average molecular weight is 572 g/mol. The fourth-order valence-electron chi connectivity index (χ4n) is 4.18. The van der Waals surface area contributed by atoms with Gasteiger partial charge in [0.15, 0.2) is 0 Å². The molecule has 4 aromatic rings. The molecule has 0 aliphatic heterocycles. The summed E-state index contributed by atoms with van der Waals surface area (Å²) in [4.78, 5) is 25.0. The van der Waals surface area contributed by atoms with Crippen LogP contribution in [0, 0.1) is 6.92 Å². The number of amides is 1. The smallest absolute Gasteiger partial charge is 0.326 e. The summed E-state index contributed by atoms with van der Waals surface area (Å²) in [5.74, 6) is 0.469. The maximum atomic E-state index is 13.3. The van der Waals surface area contributed by atoms with Crippen LogP contribution in [0.1, 0.15) is 33.5 Å². The van der Waals surface area contributed by atoms with Gasteiger partial charge in [-0.2, -0.15) is 11.8 Å². The zero-order chi connectivity index (χ0) is 28.5. The standard InChI is InChI=1S/C33H30ClNO4S/c1-22-7-3-4-8-26(22)28-21-24(15-18-27(28)32(36)35-30(33(37)38)19-20-40-2)12-11-23-13-16-25(17-14-23)39-31-10-6-5-9-29(31)34/h3-18,21,30H,19-20H2,1-2H3,(H,35,36)(H,37,38)/b12-11+. The minimum atomic E-state index is -1.04. The van der Waals surface area contributed by atoms with E-state index in [0.717, 1.165) is 27.8 Å². The van der Waals surface area contributed by atoms with E-state index in [-0.39, 0.29) is 0 Å². The first kappa shape index (κ1) is 29.0. The van der Waals surface area contributed by atoms with Gasteiger partial charge in [-0.1, -0.05) is 78.4 Å². The topological polar surface area (TPSA) is 75.6 Å². The molecular formula is C33H30ClNO4S. The Bertz CT molecular complexity index is 1520. The number of carbonyl (C=O) groups excluding carboxylic acids is 1. The lowest BCUT2D eigenvalue weighted by molar-refractivity contribution is -0.139. The predicted octanol–water partition coefficient (Wildman–Crippen LogP) is 8.21. The number of nitrogens with one attached hydrogen (secondary N) is 1. The van der Waals surface area contributed by atoms with Crippen LogP contribution < -0.4 is 10.1 Å². The summed E-state index contributed by atoms with van der Waals surface area (Å²) >= 11 is 7.74. The minimum absolute atomic E-state index is 0.352. The van der Waals surface area contributed by atoms with Gasteiger partial charge in [-0.15, -0.1) is 0 Å². The van der Waals surface area contributed by atoms with Gasteiger partial charge < -0.3 is 15.2 Å². The van der Waals surface area contributed by atoms with E-state index < -0.39 is 17.9 Å². The molecule has 2 N–H and O–H groups in total. The van der Waals surface area contributed by atoms with Crippen molar-refractivity contribution in [3.05, 3.63) is 118 Å². The van der Waals surface area contributed by atoms with Gasteiger partial charge in [0.25, 0.3) is 5.91 Å². The molecule has 0 aromatic heterocycles. The van der Waals surface area contributed by atoms with Crippen LogP contribution in [0.2, 0.25) is 5.02 Å². The Morgan fingerprint density at radius 3 is 2.30 bits per heavy atom. The summed E-state index contributed by atoms with van der Waals surface area (Å²) in [5, 5.41) is 12.9. The number of thioether (sulfide) groups is 1. The van der Waals surface area contributed by atoms with Gasteiger partial charge >= 0.3 is 5.97 Å². The largest absolute Gasteiger partial charge is 0.480 e. The summed E-state index contributed by atoms with van der Waals surface area (Å²) in [6.45, 7) is 1.99. The number of aryl methyl sites for hydroxylation is 1. The predicted molar refractivity (Wildman–Crippen MR) is 165 cm³/mol. The van der Waals surface area contributed by atoms with Crippen molar-refractivity contribution in [2.45, 2.75) is 19.4 Å². The Labute approximate surface area is 243 Å². The Hall–Kier alpha value is -4.00. The zero-order valence-electron chi connectivity index (χ0n) is 22.3. The van der Waals surface area contributed by atoms with Crippen molar-refractivity contribution in [1.82, 2.24) is 5.32 Å². The molecule has 0 heterocycles. The molecule has 1 unspecified atom stereocenters. The van der Waals surface area contributed by atoms with Crippen molar-refractivity contribution in [2.75, 3.05) is 12.0 Å². The van der Waals surface area contributed by atoms with Crippen molar-refractivity contribution < 1.29 is 19.4 Å². The van der Waals surface area contributed by atoms with Crippen molar-refractivity contribution in [3.8, 4) is 22.6 Å². The maximum absolute atomic E-state index is 13.3. The SMILES string of the molecule is CSCCC(NC(=O)c1ccc(/C=C/c2ccc(Oc3ccccc3Cl)cc2)cc1-c1ccccc1C)C(=O)O. The highest BCUT2D eigenvalue weighted by atomic mass is 35.5. The lowest BCUT2D eigenvalue weighted by atomic mass is 9.93. The number of hydrogen-bond acceptors (Lipinski definition) is 4. The lowest BCUT2D eigenvalue weighted by Crippen LogP contribution is -2.41. The molecule has 7 heteroatoms. The normalized spacial score (nSPS) is 11.8. The first-order chi connectivity index (χ1) is 19.4. The van der Waals surface area contributed by atoms with Gasteiger partial charge in [0, 0.05) is 5.56 Å². The quantitative estimate of drug-likeness (QED) is 0.177. The maximum Gasteiger partial charge on any atom is 0.326 e. The van der Waals surface area contributed by atoms with E-state index in [1.54, 1.807) is 23.9 Å². The van der Waals surface area contributed by atoms with Gasteiger partial charge in [-0.3, -0.25) is 4.79 Å². The molecule has 0 saturated heterocycles.